The number of ether oxygens (including phenoxy) is 1. The van der Waals surface area contributed by atoms with Gasteiger partial charge in [-0.1, -0.05) is 31.1 Å². The average molecular weight is 362 g/mol. The zero-order chi connectivity index (χ0) is 18.9. The van der Waals surface area contributed by atoms with Crippen molar-refractivity contribution in [1.29, 1.82) is 0 Å². The summed E-state index contributed by atoms with van der Waals surface area (Å²) in [6.45, 7) is 7.03. The molecule has 0 aliphatic rings. The van der Waals surface area contributed by atoms with Gasteiger partial charge in [0, 0.05) is 25.6 Å². The Morgan fingerprint density at radius 1 is 1.27 bits per heavy atom. The Balaban J connectivity index is 1.86. The van der Waals surface area contributed by atoms with Crippen molar-refractivity contribution in [3.63, 3.8) is 0 Å². The minimum atomic E-state index is -0.367. The molecule has 1 heterocycles. The maximum absolute atomic E-state index is 13.6. The van der Waals surface area contributed by atoms with Gasteiger partial charge in [0.25, 0.3) is 0 Å². The number of para-hydroxylation sites is 1. The minimum absolute atomic E-state index is 0.224. The first-order valence-electron chi connectivity index (χ1n) is 8.90. The predicted molar refractivity (Wildman–Crippen MR) is 100.0 cm³/mol. The standard InChI is InChI=1S/C19H27FN4O2/c1-5-16-14(17(6-2)26-24-16)12-23-19(21-4)22-11-13(3)25-18-10-8-7-9-15(18)20/h7-10,13H,5-6,11-12H2,1-4H3,(H2,21,22,23). The molecule has 0 fully saturated rings. The summed E-state index contributed by atoms with van der Waals surface area (Å²) in [6, 6.07) is 6.38. The largest absolute Gasteiger partial charge is 0.486 e. The van der Waals surface area contributed by atoms with Gasteiger partial charge in [-0.25, -0.2) is 4.39 Å². The average Bonchev–Trinajstić information content (AvgIpc) is 3.05. The van der Waals surface area contributed by atoms with Gasteiger partial charge >= 0.3 is 0 Å². The molecule has 0 aliphatic heterocycles. The second-order valence-corrected chi connectivity index (χ2v) is 5.90. The number of aromatic nitrogens is 1. The minimum Gasteiger partial charge on any atom is -0.486 e. The molecule has 0 saturated heterocycles. The summed E-state index contributed by atoms with van der Waals surface area (Å²) in [6.07, 6.45) is 1.39. The van der Waals surface area contributed by atoms with E-state index in [2.05, 4.69) is 27.7 Å². The van der Waals surface area contributed by atoms with Crippen molar-refractivity contribution in [2.75, 3.05) is 13.6 Å². The zero-order valence-electron chi connectivity index (χ0n) is 15.8. The fraction of sp³-hybridized carbons (Fsp3) is 0.474. The van der Waals surface area contributed by atoms with Gasteiger partial charge in [0.1, 0.15) is 11.9 Å². The van der Waals surface area contributed by atoms with Gasteiger partial charge in [-0.05, 0) is 25.5 Å². The van der Waals surface area contributed by atoms with E-state index in [4.69, 9.17) is 9.26 Å². The molecule has 0 aliphatic carbocycles. The smallest absolute Gasteiger partial charge is 0.191 e. The number of benzene rings is 1. The van der Waals surface area contributed by atoms with Crippen molar-refractivity contribution in [3.8, 4) is 5.75 Å². The second kappa shape index (κ2) is 9.79. The van der Waals surface area contributed by atoms with Crippen LogP contribution in [0.5, 0.6) is 5.75 Å². The number of hydrogen-bond donors (Lipinski definition) is 2. The molecule has 2 N–H and O–H groups in total. The van der Waals surface area contributed by atoms with Crippen LogP contribution in [0.4, 0.5) is 4.39 Å². The normalized spacial score (nSPS) is 12.7. The number of nitrogens with zero attached hydrogens (tertiary/aromatic N) is 2. The number of halogens is 1. The Labute approximate surface area is 153 Å². The third-order valence-electron chi connectivity index (χ3n) is 3.98. The fourth-order valence-electron chi connectivity index (χ4n) is 2.57. The first kappa shape index (κ1) is 19.8. The summed E-state index contributed by atoms with van der Waals surface area (Å²) in [7, 11) is 1.70. The van der Waals surface area contributed by atoms with Crippen LogP contribution < -0.4 is 15.4 Å². The number of aliphatic imine (C=N–C) groups is 1. The molecule has 142 valence electrons. The molecule has 1 aromatic heterocycles. The molecule has 1 atom stereocenters. The lowest BCUT2D eigenvalue weighted by Gasteiger charge is -2.18. The van der Waals surface area contributed by atoms with Crippen molar-refractivity contribution in [2.24, 2.45) is 4.99 Å². The molecule has 0 saturated carbocycles. The summed E-state index contributed by atoms with van der Waals surface area (Å²) < 4.78 is 24.6. The van der Waals surface area contributed by atoms with Gasteiger partial charge in [-0.2, -0.15) is 0 Å². The van der Waals surface area contributed by atoms with Crippen LogP contribution in [0.1, 0.15) is 37.8 Å². The molecule has 0 amide bonds. The van der Waals surface area contributed by atoms with Crippen molar-refractivity contribution in [3.05, 3.63) is 47.1 Å². The highest BCUT2D eigenvalue weighted by atomic mass is 19.1. The Bertz CT molecular complexity index is 709. The quantitative estimate of drug-likeness (QED) is 0.558. The molecule has 26 heavy (non-hydrogen) atoms. The molecule has 1 unspecified atom stereocenters. The summed E-state index contributed by atoms with van der Waals surface area (Å²) in [4.78, 5) is 4.21. The lowest BCUT2D eigenvalue weighted by atomic mass is 10.1. The molecule has 0 spiro atoms. The van der Waals surface area contributed by atoms with Crippen LogP contribution in [0.25, 0.3) is 0 Å². The summed E-state index contributed by atoms with van der Waals surface area (Å²) in [5.74, 6) is 1.41. The van der Waals surface area contributed by atoms with Gasteiger partial charge in [0.15, 0.2) is 17.5 Å². The lowest BCUT2D eigenvalue weighted by Crippen LogP contribution is -2.41. The highest BCUT2D eigenvalue weighted by Gasteiger charge is 2.14. The van der Waals surface area contributed by atoms with Gasteiger partial charge in [-0.3, -0.25) is 4.99 Å². The van der Waals surface area contributed by atoms with Crippen molar-refractivity contribution >= 4 is 5.96 Å². The maximum Gasteiger partial charge on any atom is 0.191 e. The maximum atomic E-state index is 13.6. The van der Waals surface area contributed by atoms with Crippen LogP contribution in [0.3, 0.4) is 0 Å². The van der Waals surface area contributed by atoms with E-state index in [1.165, 1.54) is 6.07 Å². The van der Waals surface area contributed by atoms with E-state index in [1.807, 2.05) is 13.8 Å². The van der Waals surface area contributed by atoms with Crippen molar-refractivity contribution < 1.29 is 13.7 Å². The Hall–Kier alpha value is -2.57. The molecule has 7 heteroatoms. The van der Waals surface area contributed by atoms with E-state index in [-0.39, 0.29) is 17.7 Å². The van der Waals surface area contributed by atoms with Crippen LogP contribution in [0, 0.1) is 5.82 Å². The fourth-order valence-corrected chi connectivity index (χ4v) is 2.57. The summed E-state index contributed by atoms with van der Waals surface area (Å²) in [5, 5.41) is 10.6. The summed E-state index contributed by atoms with van der Waals surface area (Å²) in [5.41, 5.74) is 2.04. The predicted octanol–water partition coefficient (Wildman–Crippen LogP) is 3.07. The topological polar surface area (TPSA) is 71.7 Å². The number of nitrogens with one attached hydrogen (secondary N) is 2. The third kappa shape index (κ3) is 5.21. The first-order valence-corrected chi connectivity index (χ1v) is 8.90. The van der Waals surface area contributed by atoms with Gasteiger partial charge in [-0.15, -0.1) is 0 Å². The summed E-state index contributed by atoms with van der Waals surface area (Å²) >= 11 is 0. The second-order valence-electron chi connectivity index (χ2n) is 5.90. The molecule has 0 bridgehead atoms. The molecular weight excluding hydrogens is 335 g/mol. The SMILES string of the molecule is CCc1noc(CC)c1CNC(=NC)NCC(C)Oc1ccccc1F. The molecule has 2 rings (SSSR count). The van der Waals surface area contributed by atoms with Gasteiger partial charge < -0.3 is 19.9 Å². The van der Waals surface area contributed by atoms with E-state index in [9.17, 15) is 4.39 Å². The van der Waals surface area contributed by atoms with Gasteiger partial charge in [0.2, 0.25) is 0 Å². The van der Waals surface area contributed by atoms with E-state index in [0.717, 1.165) is 29.9 Å². The Kier molecular flexibility index (Phi) is 7.44. The van der Waals surface area contributed by atoms with Crippen LogP contribution in [-0.4, -0.2) is 30.8 Å². The van der Waals surface area contributed by atoms with Crippen LogP contribution >= 0.6 is 0 Å². The van der Waals surface area contributed by atoms with Crippen molar-refractivity contribution in [2.45, 2.75) is 46.3 Å². The van der Waals surface area contributed by atoms with Crippen LogP contribution in [0.15, 0.2) is 33.8 Å². The number of rotatable bonds is 8. The lowest BCUT2D eigenvalue weighted by molar-refractivity contribution is 0.214. The number of hydrogen-bond acceptors (Lipinski definition) is 4. The third-order valence-corrected chi connectivity index (χ3v) is 3.98. The van der Waals surface area contributed by atoms with Crippen LogP contribution in [0.2, 0.25) is 0 Å². The first-order chi connectivity index (χ1) is 12.6. The number of aryl methyl sites for hydroxylation is 2. The number of guanidine groups is 1. The Morgan fingerprint density at radius 3 is 2.69 bits per heavy atom. The zero-order valence-corrected chi connectivity index (χ0v) is 15.8. The van der Waals surface area contributed by atoms with E-state index in [0.29, 0.717) is 19.0 Å². The monoisotopic (exact) mass is 362 g/mol. The highest BCUT2D eigenvalue weighted by molar-refractivity contribution is 5.79. The molecule has 0 radical (unpaired) electrons. The highest BCUT2D eigenvalue weighted by Crippen LogP contribution is 2.17. The van der Waals surface area contributed by atoms with Gasteiger partial charge in [0.05, 0.1) is 12.2 Å². The van der Waals surface area contributed by atoms with Crippen LogP contribution in [-0.2, 0) is 19.4 Å². The van der Waals surface area contributed by atoms with Crippen molar-refractivity contribution in [1.82, 2.24) is 15.8 Å². The van der Waals surface area contributed by atoms with E-state index in [1.54, 1.807) is 25.2 Å². The molecule has 2 aromatic rings. The Morgan fingerprint density at radius 2 is 2.04 bits per heavy atom. The van der Waals surface area contributed by atoms with E-state index < -0.39 is 0 Å². The van der Waals surface area contributed by atoms with E-state index >= 15 is 0 Å². The molecule has 6 nitrogen and oxygen atoms in total. The molecular formula is C19H27FN4O2. The molecule has 1 aromatic carbocycles.